The van der Waals surface area contributed by atoms with E-state index in [0.717, 1.165) is 0 Å². The van der Waals surface area contributed by atoms with Crippen LogP contribution in [0.15, 0.2) is 66.7 Å². The number of hydrogen-bond acceptors (Lipinski definition) is 8. The van der Waals surface area contributed by atoms with Gasteiger partial charge in [-0.15, -0.1) is 0 Å². The number of carbonyl (C=O) groups excluding carboxylic acids is 1. The van der Waals surface area contributed by atoms with Crippen molar-refractivity contribution < 1.29 is 29.3 Å². The predicted molar refractivity (Wildman–Crippen MR) is 162 cm³/mol. The summed E-state index contributed by atoms with van der Waals surface area (Å²) in [6.45, 7) is 0.472. The highest BCUT2D eigenvalue weighted by Crippen LogP contribution is 2.36. The van der Waals surface area contributed by atoms with Gasteiger partial charge in [0.05, 0.1) is 49.2 Å². The number of nitrogens with one attached hydrogen (secondary N) is 1. The third kappa shape index (κ3) is 7.82. The van der Waals surface area contributed by atoms with Crippen molar-refractivity contribution in [2.24, 2.45) is 0 Å². The zero-order valence-corrected chi connectivity index (χ0v) is 23.4. The summed E-state index contributed by atoms with van der Waals surface area (Å²) in [7, 11) is 3.63. The molecule has 0 saturated carbocycles. The molecule has 41 heavy (non-hydrogen) atoms. The molecule has 0 aliphatic carbocycles. The Kier molecular flexibility index (Phi) is 6.06. The number of carbonyl (C=O) groups is 1. The number of hydrogen-bond donors (Lipinski definition) is 1. The molecule has 0 bridgehead atoms. The number of fused-ring (bicyclic) bond motifs is 1. The number of likely N-dealkylation sites (N-methyl/N-ethyl adjacent to an activating group) is 1. The molecule has 0 unspecified atom stereocenters. The summed E-state index contributed by atoms with van der Waals surface area (Å²) >= 11 is 6.44. The van der Waals surface area contributed by atoms with Crippen LogP contribution in [-0.4, -0.2) is 47.9 Å². The Labute approximate surface area is 260 Å². The molecule has 4 rings (SSSR count). The Hall–Kier alpha value is -4.45. The maximum atomic E-state index is 13.0. The fourth-order valence-electron chi connectivity index (χ4n) is 3.48. The van der Waals surface area contributed by atoms with E-state index < -0.39 is 82.5 Å². The number of aromatic nitrogens is 2. The molecule has 210 valence electrons. The first-order chi connectivity index (χ1) is 24.3. The van der Waals surface area contributed by atoms with Crippen molar-refractivity contribution in [1.82, 2.24) is 14.9 Å². The first kappa shape index (κ1) is 18.1. The van der Waals surface area contributed by atoms with E-state index in [0.29, 0.717) is 6.54 Å². The number of pyridine rings is 2. The minimum Gasteiger partial charge on any atom is -0.494 e. The molecule has 0 spiro atoms. The number of anilines is 2. The molecule has 2 heterocycles. The van der Waals surface area contributed by atoms with Crippen molar-refractivity contribution in [3.63, 3.8) is 0 Å². The molecule has 0 fully saturated rings. The summed E-state index contributed by atoms with van der Waals surface area (Å²) in [5.41, 5.74) is -2.36. The summed E-state index contributed by atoms with van der Waals surface area (Å²) in [6, 6.07) is -3.09. The van der Waals surface area contributed by atoms with Crippen LogP contribution >= 0.6 is 11.6 Å². The van der Waals surface area contributed by atoms with Gasteiger partial charge in [-0.2, -0.15) is 5.26 Å². The van der Waals surface area contributed by atoms with Gasteiger partial charge >= 0.3 is 0 Å². The number of allylic oxidation sites excluding steroid dienone is 1. The lowest BCUT2D eigenvalue weighted by Gasteiger charge is -2.16. The highest BCUT2D eigenvalue weighted by molar-refractivity contribution is 6.32. The molecule has 2 aromatic heterocycles. The summed E-state index contributed by atoms with van der Waals surface area (Å²) in [5, 5.41) is 11.9. The average Bonchev–Trinajstić information content (AvgIpc) is 3.08. The van der Waals surface area contributed by atoms with Gasteiger partial charge in [0.25, 0.3) is 0 Å². The maximum Gasteiger partial charge on any atom is 0.159 e. The number of nitrogens with zero attached hydrogens (tertiary/aromatic N) is 4. The molecule has 0 atom stereocenters. The quantitative estimate of drug-likeness (QED) is 0.192. The highest BCUT2D eigenvalue weighted by atomic mass is 35.5. The van der Waals surface area contributed by atoms with Gasteiger partial charge in [0.2, 0.25) is 0 Å². The van der Waals surface area contributed by atoms with E-state index in [-0.39, 0.29) is 58.7 Å². The third-order valence-corrected chi connectivity index (χ3v) is 5.53. The SMILES string of the molecule is [2H]c1nc2c([2H])c(OCC)c(CC(=O)/C=C/CN(C)C)c([2H])c2c(Nc2c([2H])c([2H])c(OC([2H])([2H])c3nc(C)c([2H])c([2H])c3[2H])c(Cl)c2[2H])c1C#N. The number of halogens is 1. The molecule has 0 aliphatic heterocycles. The van der Waals surface area contributed by atoms with Gasteiger partial charge in [-0.1, -0.05) is 23.7 Å². The summed E-state index contributed by atoms with van der Waals surface area (Å²) in [5.74, 6) is -1.33. The van der Waals surface area contributed by atoms with E-state index in [2.05, 4.69) is 15.3 Å². The van der Waals surface area contributed by atoms with Crippen LogP contribution in [0.5, 0.6) is 11.5 Å². The number of ketones is 1. The zero-order valence-electron chi connectivity index (χ0n) is 33.7. The van der Waals surface area contributed by atoms with Crippen LogP contribution in [0.25, 0.3) is 10.9 Å². The van der Waals surface area contributed by atoms with Gasteiger partial charge in [0.15, 0.2) is 5.78 Å². The first-order valence-electron chi connectivity index (χ1n) is 17.8. The summed E-state index contributed by atoms with van der Waals surface area (Å²) in [6.07, 6.45) is 1.94. The first-order valence-corrected chi connectivity index (χ1v) is 12.7. The number of nitriles is 1. The number of aryl methyl sites for hydroxylation is 1. The second-order valence-electron chi connectivity index (χ2n) is 8.75. The van der Waals surface area contributed by atoms with Crippen molar-refractivity contribution in [3.8, 4) is 17.6 Å². The van der Waals surface area contributed by atoms with Crippen molar-refractivity contribution in [3.05, 3.63) is 94.2 Å². The summed E-state index contributed by atoms with van der Waals surface area (Å²) in [4.78, 5) is 22.8. The van der Waals surface area contributed by atoms with E-state index >= 15 is 0 Å². The molecule has 8 nitrogen and oxygen atoms in total. The fraction of sp³-hybridized carbons (Fsp3) is 0.250. The van der Waals surface area contributed by atoms with Crippen molar-refractivity contribution >= 4 is 39.7 Å². The maximum absolute atomic E-state index is 13.0. The predicted octanol–water partition coefficient (Wildman–Crippen LogP) is 6.41. The van der Waals surface area contributed by atoms with Gasteiger partial charge in [-0.05, 0) is 70.3 Å². The van der Waals surface area contributed by atoms with Gasteiger partial charge < -0.3 is 19.7 Å². The van der Waals surface area contributed by atoms with E-state index in [9.17, 15) is 10.1 Å². The monoisotopic (exact) mass is 580 g/mol. The van der Waals surface area contributed by atoms with Crippen molar-refractivity contribution in [2.45, 2.75) is 26.8 Å². The van der Waals surface area contributed by atoms with Crippen LogP contribution in [0.2, 0.25) is 5.02 Å². The van der Waals surface area contributed by atoms with E-state index in [1.165, 1.54) is 13.0 Å². The minimum atomic E-state index is -3.02. The largest absolute Gasteiger partial charge is 0.494 e. The average molecular weight is 581 g/mol. The molecule has 0 saturated heterocycles. The molecule has 1 N–H and O–H groups in total. The number of ether oxygens (including phenoxy) is 2. The van der Waals surface area contributed by atoms with E-state index in [1.54, 1.807) is 13.0 Å². The Bertz CT molecular complexity index is 2160. The molecular weight excluding hydrogens is 538 g/mol. The van der Waals surface area contributed by atoms with Crippen LogP contribution in [0.3, 0.4) is 0 Å². The Morgan fingerprint density at radius 2 is 2.05 bits per heavy atom. The summed E-state index contributed by atoms with van der Waals surface area (Å²) < 4.78 is 105. The molecular formula is C32H32ClN5O3. The van der Waals surface area contributed by atoms with Gasteiger partial charge in [0.1, 0.15) is 24.1 Å². The smallest absolute Gasteiger partial charge is 0.159 e. The van der Waals surface area contributed by atoms with Gasteiger partial charge in [0, 0.05) is 47.5 Å². The molecule has 0 amide bonds. The lowest BCUT2D eigenvalue weighted by atomic mass is 10.0. The van der Waals surface area contributed by atoms with Crippen molar-refractivity contribution in [2.75, 3.05) is 32.6 Å². The molecule has 0 aliphatic rings. The lowest BCUT2D eigenvalue weighted by molar-refractivity contribution is -0.114. The molecule has 0 radical (unpaired) electrons. The molecule has 2 aromatic carbocycles. The Balaban J connectivity index is 1.93. The van der Waals surface area contributed by atoms with Crippen molar-refractivity contribution in [1.29, 1.82) is 5.26 Å². The lowest BCUT2D eigenvalue weighted by Crippen LogP contribution is -2.11. The molecule has 9 heteroatoms. The number of rotatable bonds is 12. The van der Waals surface area contributed by atoms with Crippen LogP contribution in [0.4, 0.5) is 11.4 Å². The van der Waals surface area contributed by atoms with Crippen LogP contribution < -0.4 is 14.8 Å². The highest BCUT2D eigenvalue weighted by Gasteiger charge is 2.16. The Morgan fingerprint density at radius 3 is 2.80 bits per heavy atom. The number of benzene rings is 2. The second-order valence-corrected chi connectivity index (χ2v) is 9.13. The van der Waals surface area contributed by atoms with Gasteiger partial charge in [-0.25, -0.2) is 0 Å². The third-order valence-electron chi connectivity index (χ3n) is 5.26. The standard InChI is InChI=1S/C32H32ClN5O3/c1-5-40-31-17-29-27(15-22(31)14-26(39)10-7-13-38(3)4)32(23(18-34)19-35-29)37-24-11-12-30(28(33)16-24)41-20-25-9-6-8-21(2)36-25/h6-12,15-17,19H,5,13-14,20H2,1-4H3,(H,35,37)/b10-7+/i6D,8D,9D,11D,12D,15D,16D,17D,19D,20D2. The topological polar surface area (TPSA) is 100 Å². The normalized spacial score (nSPS) is 15.3. The zero-order chi connectivity index (χ0) is 39.0. The van der Waals surface area contributed by atoms with Crippen LogP contribution in [-0.2, 0) is 17.8 Å². The Morgan fingerprint density at radius 1 is 1.22 bits per heavy atom. The van der Waals surface area contributed by atoms with E-state index in [1.807, 2.05) is 25.1 Å². The van der Waals surface area contributed by atoms with E-state index in [4.69, 9.17) is 36.2 Å². The fourth-order valence-corrected chi connectivity index (χ4v) is 3.66. The van der Waals surface area contributed by atoms with Gasteiger partial charge in [-0.3, -0.25) is 14.8 Å². The van der Waals surface area contributed by atoms with Crippen LogP contribution in [0.1, 0.15) is 44.5 Å². The molecule has 4 aromatic rings. The van der Waals surface area contributed by atoms with Crippen LogP contribution in [0, 0.1) is 18.3 Å². The second kappa shape index (κ2) is 13.8. The minimum absolute atomic E-state index is 0.0143.